The lowest BCUT2D eigenvalue weighted by Gasteiger charge is -2.24. The monoisotopic (exact) mass is 577 g/mol. The van der Waals surface area contributed by atoms with E-state index in [9.17, 15) is 0 Å². The van der Waals surface area contributed by atoms with Gasteiger partial charge >= 0.3 is 0 Å². The summed E-state index contributed by atoms with van der Waals surface area (Å²) in [7, 11) is 0. The summed E-state index contributed by atoms with van der Waals surface area (Å²) in [6, 6.07) is 52.7. The van der Waals surface area contributed by atoms with Crippen molar-refractivity contribution >= 4 is 55.2 Å². The summed E-state index contributed by atoms with van der Waals surface area (Å²) in [5, 5.41) is 10.6. The van der Waals surface area contributed by atoms with Crippen LogP contribution >= 0.6 is 0 Å². The Balaban J connectivity index is 1.28. The molecule has 4 nitrogen and oxygen atoms in total. The molecule has 1 unspecified atom stereocenters. The molecule has 0 bridgehead atoms. The van der Waals surface area contributed by atoms with E-state index in [1.54, 1.807) is 0 Å². The zero-order valence-corrected chi connectivity index (χ0v) is 24.3. The standard InChI is InChI=1S/C41H27N3O/c1-2-13-28(14-3-1)39-42-40(30-24-23-26-11-4-5-15-29(26)25-30)44-41(43-39)34-20-10-22-36-38(34)37-33(19-9-21-35(37)45-36)32-18-8-16-27-12-6-7-17-31(27)32/h1-25,39H,(H,42,43,44). The van der Waals surface area contributed by atoms with Crippen LogP contribution in [0.4, 0.5) is 0 Å². The fourth-order valence-corrected chi connectivity index (χ4v) is 6.60. The fourth-order valence-electron chi connectivity index (χ4n) is 6.60. The fraction of sp³-hybridized carbons (Fsp3) is 0.0244. The maximum absolute atomic E-state index is 6.52. The minimum Gasteiger partial charge on any atom is -0.456 e. The smallest absolute Gasteiger partial charge is 0.159 e. The van der Waals surface area contributed by atoms with Gasteiger partial charge in [-0.1, -0.05) is 133 Å². The van der Waals surface area contributed by atoms with Gasteiger partial charge in [0.25, 0.3) is 0 Å². The Bertz CT molecular complexity index is 2470. The number of furan rings is 1. The number of aliphatic imine (C=N–C) groups is 2. The van der Waals surface area contributed by atoms with Gasteiger partial charge in [0.15, 0.2) is 5.84 Å². The number of fused-ring (bicyclic) bond motifs is 5. The molecule has 1 aliphatic rings. The Kier molecular flexibility index (Phi) is 5.85. The van der Waals surface area contributed by atoms with Crippen LogP contribution in [0.2, 0.25) is 0 Å². The molecule has 0 amide bonds. The number of nitrogens with zero attached hydrogens (tertiary/aromatic N) is 2. The van der Waals surface area contributed by atoms with Gasteiger partial charge in [-0.25, -0.2) is 9.98 Å². The van der Waals surface area contributed by atoms with E-state index in [1.165, 1.54) is 21.7 Å². The third kappa shape index (κ3) is 4.30. The Morgan fingerprint density at radius 3 is 2.00 bits per heavy atom. The van der Waals surface area contributed by atoms with Crippen LogP contribution in [0.5, 0.6) is 0 Å². The molecule has 1 N–H and O–H groups in total. The van der Waals surface area contributed by atoms with Crippen LogP contribution in [0.15, 0.2) is 166 Å². The van der Waals surface area contributed by atoms with Crippen molar-refractivity contribution in [3.05, 3.63) is 168 Å². The van der Waals surface area contributed by atoms with Gasteiger partial charge in [0.05, 0.1) is 0 Å². The normalized spacial score (nSPS) is 14.9. The van der Waals surface area contributed by atoms with Crippen LogP contribution in [0.1, 0.15) is 22.9 Å². The number of benzene rings is 7. The van der Waals surface area contributed by atoms with E-state index >= 15 is 0 Å². The Labute approximate surface area is 260 Å². The molecule has 1 aromatic heterocycles. The second-order valence-corrected chi connectivity index (χ2v) is 11.4. The van der Waals surface area contributed by atoms with E-state index < -0.39 is 0 Å². The van der Waals surface area contributed by atoms with Gasteiger partial charge in [0, 0.05) is 21.9 Å². The topological polar surface area (TPSA) is 49.9 Å². The largest absolute Gasteiger partial charge is 0.456 e. The second-order valence-electron chi connectivity index (χ2n) is 11.4. The second kappa shape index (κ2) is 10.3. The Morgan fingerprint density at radius 1 is 0.511 bits per heavy atom. The summed E-state index contributed by atoms with van der Waals surface area (Å²) in [5.41, 5.74) is 7.02. The Hall–Kier alpha value is -6.00. The lowest BCUT2D eigenvalue weighted by atomic mass is 9.93. The lowest BCUT2D eigenvalue weighted by molar-refractivity contribution is 0.668. The molecule has 4 heteroatoms. The zero-order valence-electron chi connectivity index (χ0n) is 24.3. The molecule has 45 heavy (non-hydrogen) atoms. The molecule has 0 radical (unpaired) electrons. The summed E-state index contributed by atoms with van der Waals surface area (Å²) < 4.78 is 6.52. The average molecular weight is 578 g/mol. The van der Waals surface area contributed by atoms with Gasteiger partial charge < -0.3 is 9.73 Å². The molecule has 0 saturated carbocycles. The predicted octanol–water partition coefficient (Wildman–Crippen LogP) is 10.1. The van der Waals surface area contributed by atoms with Crippen molar-refractivity contribution in [2.45, 2.75) is 6.17 Å². The number of hydrogen-bond acceptors (Lipinski definition) is 4. The van der Waals surface area contributed by atoms with Crippen molar-refractivity contribution in [3.63, 3.8) is 0 Å². The molecule has 0 spiro atoms. The van der Waals surface area contributed by atoms with Gasteiger partial charge in [-0.05, 0) is 56.4 Å². The van der Waals surface area contributed by atoms with E-state index in [0.717, 1.165) is 55.4 Å². The summed E-state index contributed by atoms with van der Waals surface area (Å²) in [6.07, 6.45) is -0.300. The first kappa shape index (κ1) is 25.5. The summed E-state index contributed by atoms with van der Waals surface area (Å²) in [6.45, 7) is 0. The molecule has 0 aliphatic carbocycles. The van der Waals surface area contributed by atoms with Crippen molar-refractivity contribution in [3.8, 4) is 11.1 Å². The highest BCUT2D eigenvalue weighted by Crippen LogP contribution is 2.41. The van der Waals surface area contributed by atoms with Gasteiger partial charge in [0.2, 0.25) is 0 Å². The summed E-state index contributed by atoms with van der Waals surface area (Å²) >= 11 is 0. The number of amidine groups is 2. The lowest BCUT2D eigenvalue weighted by Crippen LogP contribution is -2.33. The van der Waals surface area contributed by atoms with Crippen LogP contribution in [0, 0.1) is 0 Å². The van der Waals surface area contributed by atoms with E-state index in [4.69, 9.17) is 14.4 Å². The van der Waals surface area contributed by atoms with Crippen LogP contribution < -0.4 is 5.32 Å². The average Bonchev–Trinajstić information content (AvgIpc) is 3.51. The highest BCUT2D eigenvalue weighted by atomic mass is 16.3. The number of rotatable bonds is 4. The van der Waals surface area contributed by atoms with Crippen molar-refractivity contribution in [2.24, 2.45) is 9.98 Å². The molecule has 7 aromatic carbocycles. The third-order valence-electron chi connectivity index (χ3n) is 8.72. The first-order chi connectivity index (χ1) is 22.3. The van der Waals surface area contributed by atoms with Crippen molar-refractivity contribution in [2.75, 3.05) is 0 Å². The Morgan fingerprint density at radius 2 is 1.16 bits per heavy atom. The predicted molar refractivity (Wildman–Crippen MR) is 186 cm³/mol. The molecule has 212 valence electrons. The van der Waals surface area contributed by atoms with Crippen LogP contribution in [0.3, 0.4) is 0 Å². The molecular weight excluding hydrogens is 550 g/mol. The molecule has 1 aliphatic heterocycles. The van der Waals surface area contributed by atoms with E-state index in [2.05, 4.69) is 139 Å². The third-order valence-corrected chi connectivity index (χ3v) is 8.72. The minimum absolute atomic E-state index is 0.300. The van der Waals surface area contributed by atoms with Gasteiger partial charge in [-0.15, -0.1) is 0 Å². The van der Waals surface area contributed by atoms with Gasteiger partial charge in [0.1, 0.15) is 23.2 Å². The minimum atomic E-state index is -0.300. The van der Waals surface area contributed by atoms with Gasteiger partial charge in [-0.2, -0.15) is 0 Å². The van der Waals surface area contributed by atoms with Crippen LogP contribution in [0.25, 0.3) is 54.6 Å². The highest BCUT2D eigenvalue weighted by molar-refractivity contribution is 6.25. The maximum atomic E-state index is 6.52. The van der Waals surface area contributed by atoms with Crippen molar-refractivity contribution < 1.29 is 4.42 Å². The van der Waals surface area contributed by atoms with Crippen molar-refractivity contribution in [1.82, 2.24) is 5.32 Å². The highest BCUT2D eigenvalue weighted by Gasteiger charge is 2.25. The molecule has 0 saturated heterocycles. The van der Waals surface area contributed by atoms with E-state index in [0.29, 0.717) is 5.84 Å². The molecule has 2 heterocycles. The van der Waals surface area contributed by atoms with E-state index in [1.807, 2.05) is 18.2 Å². The first-order valence-corrected chi connectivity index (χ1v) is 15.2. The molecule has 1 atom stereocenters. The first-order valence-electron chi connectivity index (χ1n) is 15.2. The molecule has 9 rings (SSSR count). The quantitative estimate of drug-likeness (QED) is 0.226. The SMILES string of the molecule is c1ccc(C2N=C(c3ccc4ccccc4c3)N=C(c3cccc4oc5cccc(-c6cccc7ccccc67)c5c34)N2)cc1. The molecular formula is C41H27N3O. The maximum Gasteiger partial charge on any atom is 0.159 e. The van der Waals surface area contributed by atoms with Gasteiger partial charge in [-0.3, -0.25) is 0 Å². The van der Waals surface area contributed by atoms with Crippen LogP contribution in [-0.2, 0) is 0 Å². The zero-order chi connectivity index (χ0) is 29.7. The van der Waals surface area contributed by atoms with Crippen LogP contribution in [-0.4, -0.2) is 11.7 Å². The number of hydrogen-bond donors (Lipinski definition) is 1. The number of nitrogens with one attached hydrogen (secondary N) is 1. The molecule has 8 aromatic rings. The summed E-state index contributed by atoms with van der Waals surface area (Å²) in [5.74, 6) is 1.46. The molecule has 0 fully saturated rings. The van der Waals surface area contributed by atoms with E-state index in [-0.39, 0.29) is 6.17 Å². The van der Waals surface area contributed by atoms with Crippen molar-refractivity contribution in [1.29, 1.82) is 0 Å². The summed E-state index contributed by atoms with van der Waals surface area (Å²) in [4.78, 5) is 10.3.